The van der Waals surface area contributed by atoms with E-state index in [4.69, 9.17) is 32.7 Å². The summed E-state index contributed by atoms with van der Waals surface area (Å²) >= 11 is 15.3. The lowest BCUT2D eigenvalue weighted by molar-refractivity contribution is 0.303. The van der Waals surface area contributed by atoms with Crippen molar-refractivity contribution in [2.75, 3.05) is 7.11 Å². The van der Waals surface area contributed by atoms with E-state index in [1.165, 1.54) is 0 Å². The Morgan fingerprint density at radius 2 is 1.84 bits per heavy atom. The number of hydrogen-bond donors (Lipinski definition) is 0. The van der Waals surface area contributed by atoms with Crippen LogP contribution in [0.4, 0.5) is 0 Å². The molecule has 0 radical (unpaired) electrons. The van der Waals surface area contributed by atoms with Gasteiger partial charge in [-0.3, -0.25) is 0 Å². The fourth-order valence-electron chi connectivity index (χ4n) is 1.52. The highest BCUT2D eigenvalue weighted by Crippen LogP contribution is 2.30. The maximum atomic E-state index is 5.95. The number of methoxy groups -OCH3 is 1. The molecule has 0 aromatic heterocycles. The molecule has 0 aliphatic carbocycles. The van der Waals surface area contributed by atoms with E-state index in [1.54, 1.807) is 19.2 Å². The summed E-state index contributed by atoms with van der Waals surface area (Å²) in [6.45, 7) is 0.418. The van der Waals surface area contributed by atoms with Crippen molar-refractivity contribution in [3.63, 3.8) is 0 Å². The molecule has 5 heteroatoms. The molecule has 0 heterocycles. The average Bonchev–Trinajstić information content (AvgIpc) is 2.41. The van der Waals surface area contributed by atoms with E-state index < -0.39 is 0 Å². The van der Waals surface area contributed by atoms with Crippen LogP contribution in [-0.4, -0.2) is 7.11 Å². The van der Waals surface area contributed by atoms with Gasteiger partial charge in [-0.25, -0.2) is 0 Å². The number of ether oxygens (including phenoxy) is 2. The Labute approximate surface area is 130 Å². The van der Waals surface area contributed by atoms with Crippen LogP contribution in [-0.2, 0) is 6.61 Å². The minimum absolute atomic E-state index is 0.418. The number of rotatable bonds is 4. The molecule has 2 nitrogen and oxygen atoms in total. The molecule has 0 atom stereocenters. The summed E-state index contributed by atoms with van der Waals surface area (Å²) in [7, 11) is 1.62. The van der Waals surface area contributed by atoms with Gasteiger partial charge in [0.25, 0.3) is 0 Å². The fraction of sp³-hybridized carbons (Fsp3) is 0.143. The molecular formula is C14H11BrCl2O2. The second-order valence-electron chi connectivity index (χ2n) is 3.83. The van der Waals surface area contributed by atoms with Crippen LogP contribution in [0.15, 0.2) is 40.9 Å². The van der Waals surface area contributed by atoms with Gasteiger partial charge in [-0.2, -0.15) is 0 Å². The first-order valence-electron chi connectivity index (χ1n) is 5.50. The Hall–Kier alpha value is -0.900. The Kier molecular flexibility index (Phi) is 4.97. The Bertz CT molecular complexity index is 588. The Morgan fingerprint density at radius 3 is 2.47 bits per heavy atom. The molecule has 0 amide bonds. The summed E-state index contributed by atoms with van der Waals surface area (Å²) < 4.78 is 11.7. The van der Waals surface area contributed by atoms with Gasteiger partial charge in [0.1, 0.15) is 18.1 Å². The van der Waals surface area contributed by atoms with Crippen LogP contribution in [0, 0.1) is 0 Å². The lowest BCUT2D eigenvalue weighted by Gasteiger charge is -2.10. The van der Waals surface area contributed by atoms with Crippen LogP contribution in [0.3, 0.4) is 0 Å². The molecule has 0 unspecified atom stereocenters. The molecule has 2 aromatic carbocycles. The number of benzene rings is 2. The van der Waals surface area contributed by atoms with Crippen molar-refractivity contribution in [3.8, 4) is 11.5 Å². The van der Waals surface area contributed by atoms with Gasteiger partial charge in [-0.05, 0) is 51.8 Å². The second-order valence-corrected chi connectivity index (χ2v) is 5.50. The van der Waals surface area contributed by atoms with Crippen LogP contribution in [0.25, 0.3) is 0 Å². The third-order valence-corrected chi connectivity index (χ3v) is 3.88. The van der Waals surface area contributed by atoms with Crippen molar-refractivity contribution in [3.05, 3.63) is 56.5 Å². The van der Waals surface area contributed by atoms with Gasteiger partial charge in [0.15, 0.2) is 0 Å². The molecule has 0 saturated carbocycles. The van der Waals surface area contributed by atoms with Gasteiger partial charge in [0.05, 0.1) is 21.6 Å². The molecule has 2 aromatic rings. The second kappa shape index (κ2) is 6.51. The van der Waals surface area contributed by atoms with Gasteiger partial charge >= 0.3 is 0 Å². The summed E-state index contributed by atoms with van der Waals surface area (Å²) in [5.74, 6) is 1.51. The molecular weight excluding hydrogens is 351 g/mol. The summed E-state index contributed by atoms with van der Waals surface area (Å²) in [5, 5.41) is 1.06. The standard InChI is InChI=1S/C14H11BrCl2O2/c1-18-10-3-5-14(11(15)7-10)19-8-9-2-4-12(16)13(17)6-9/h2-7H,8H2,1H3. The van der Waals surface area contributed by atoms with Crippen molar-refractivity contribution in [1.82, 2.24) is 0 Å². The predicted octanol–water partition coefficient (Wildman–Crippen LogP) is 5.34. The maximum Gasteiger partial charge on any atom is 0.134 e. The topological polar surface area (TPSA) is 18.5 Å². The van der Waals surface area contributed by atoms with Gasteiger partial charge in [0.2, 0.25) is 0 Å². The quantitative estimate of drug-likeness (QED) is 0.731. The van der Waals surface area contributed by atoms with Crippen LogP contribution in [0.2, 0.25) is 10.0 Å². The van der Waals surface area contributed by atoms with E-state index >= 15 is 0 Å². The number of hydrogen-bond acceptors (Lipinski definition) is 2. The van der Waals surface area contributed by atoms with Gasteiger partial charge < -0.3 is 9.47 Å². The molecule has 0 bridgehead atoms. The van der Waals surface area contributed by atoms with Crippen LogP contribution < -0.4 is 9.47 Å². The summed E-state index contributed by atoms with van der Waals surface area (Å²) in [5.41, 5.74) is 0.956. The van der Waals surface area contributed by atoms with Crippen LogP contribution in [0.1, 0.15) is 5.56 Å². The van der Waals surface area contributed by atoms with E-state index in [1.807, 2.05) is 24.3 Å². The van der Waals surface area contributed by atoms with Crippen molar-refractivity contribution in [2.45, 2.75) is 6.61 Å². The molecule has 0 saturated heterocycles. The minimum atomic E-state index is 0.418. The van der Waals surface area contributed by atoms with E-state index in [2.05, 4.69) is 15.9 Å². The minimum Gasteiger partial charge on any atom is -0.497 e. The maximum absolute atomic E-state index is 5.95. The van der Waals surface area contributed by atoms with Crippen molar-refractivity contribution < 1.29 is 9.47 Å². The van der Waals surface area contributed by atoms with E-state index in [9.17, 15) is 0 Å². The zero-order chi connectivity index (χ0) is 13.8. The van der Waals surface area contributed by atoms with Crippen molar-refractivity contribution in [1.29, 1.82) is 0 Å². The monoisotopic (exact) mass is 360 g/mol. The van der Waals surface area contributed by atoms with E-state index in [0.717, 1.165) is 21.5 Å². The summed E-state index contributed by atoms with van der Waals surface area (Å²) in [6.07, 6.45) is 0. The largest absolute Gasteiger partial charge is 0.497 e. The highest BCUT2D eigenvalue weighted by Gasteiger charge is 2.05. The molecule has 0 spiro atoms. The third kappa shape index (κ3) is 3.78. The van der Waals surface area contributed by atoms with Gasteiger partial charge in [0, 0.05) is 0 Å². The molecule has 100 valence electrons. The molecule has 0 aliphatic rings. The normalized spacial score (nSPS) is 10.3. The average molecular weight is 362 g/mol. The first-order chi connectivity index (χ1) is 9.10. The fourth-order valence-corrected chi connectivity index (χ4v) is 2.31. The van der Waals surface area contributed by atoms with Crippen molar-refractivity contribution >= 4 is 39.1 Å². The third-order valence-electron chi connectivity index (χ3n) is 2.52. The van der Waals surface area contributed by atoms with Gasteiger partial charge in [-0.15, -0.1) is 0 Å². The molecule has 2 rings (SSSR count). The van der Waals surface area contributed by atoms with Gasteiger partial charge in [-0.1, -0.05) is 29.3 Å². The van der Waals surface area contributed by atoms with Crippen LogP contribution in [0.5, 0.6) is 11.5 Å². The predicted molar refractivity (Wildman–Crippen MR) is 81.5 cm³/mol. The number of halogens is 3. The van der Waals surface area contributed by atoms with Crippen LogP contribution >= 0.6 is 39.1 Å². The highest BCUT2D eigenvalue weighted by atomic mass is 79.9. The SMILES string of the molecule is COc1ccc(OCc2ccc(Cl)c(Cl)c2)c(Br)c1. The molecule has 0 fully saturated rings. The molecule has 0 aliphatic heterocycles. The summed E-state index contributed by atoms with van der Waals surface area (Å²) in [6, 6.07) is 11.0. The first kappa shape index (κ1) is 14.5. The lowest BCUT2D eigenvalue weighted by Crippen LogP contribution is -1.96. The first-order valence-corrected chi connectivity index (χ1v) is 7.05. The Morgan fingerprint density at radius 1 is 1.05 bits per heavy atom. The summed E-state index contributed by atoms with van der Waals surface area (Å²) in [4.78, 5) is 0. The smallest absolute Gasteiger partial charge is 0.134 e. The lowest BCUT2D eigenvalue weighted by atomic mass is 10.2. The molecule has 19 heavy (non-hydrogen) atoms. The zero-order valence-corrected chi connectivity index (χ0v) is 13.2. The molecule has 0 N–H and O–H groups in total. The highest BCUT2D eigenvalue weighted by molar-refractivity contribution is 9.10. The van der Waals surface area contributed by atoms with E-state index in [-0.39, 0.29) is 0 Å². The zero-order valence-electron chi connectivity index (χ0n) is 10.1. The van der Waals surface area contributed by atoms with E-state index in [0.29, 0.717) is 16.7 Å². The van der Waals surface area contributed by atoms with Crippen molar-refractivity contribution in [2.24, 2.45) is 0 Å². The Balaban J connectivity index is 2.07.